The summed E-state index contributed by atoms with van der Waals surface area (Å²) in [4.78, 5) is 13.6. The first kappa shape index (κ1) is 13.4. The van der Waals surface area contributed by atoms with E-state index < -0.39 is 5.54 Å². The summed E-state index contributed by atoms with van der Waals surface area (Å²) in [6.45, 7) is 1.32. The van der Waals surface area contributed by atoms with Gasteiger partial charge in [0.25, 0.3) is 0 Å². The van der Waals surface area contributed by atoms with Gasteiger partial charge in [0.2, 0.25) is 0 Å². The van der Waals surface area contributed by atoms with Crippen LogP contribution in [0, 0.1) is 11.3 Å². The van der Waals surface area contributed by atoms with E-state index in [2.05, 4.69) is 6.07 Å². The number of anilines is 1. The van der Waals surface area contributed by atoms with Gasteiger partial charge in [0, 0.05) is 18.8 Å². The van der Waals surface area contributed by atoms with Crippen molar-refractivity contribution in [1.82, 2.24) is 0 Å². The van der Waals surface area contributed by atoms with Crippen LogP contribution >= 0.6 is 0 Å². The van der Waals surface area contributed by atoms with Crippen molar-refractivity contribution in [1.29, 1.82) is 5.26 Å². The van der Waals surface area contributed by atoms with E-state index in [1.807, 2.05) is 11.0 Å². The predicted molar refractivity (Wildman–Crippen MR) is 71.8 cm³/mol. The Morgan fingerprint density at radius 1 is 1.58 bits per heavy atom. The summed E-state index contributed by atoms with van der Waals surface area (Å²) in [6.07, 6.45) is 1.57. The maximum Gasteiger partial charge on any atom is 0.337 e. The van der Waals surface area contributed by atoms with E-state index in [4.69, 9.17) is 15.7 Å². The summed E-state index contributed by atoms with van der Waals surface area (Å²) in [6, 6.07) is 9.37. The van der Waals surface area contributed by atoms with Crippen LogP contribution in [0.25, 0.3) is 0 Å². The fourth-order valence-corrected chi connectivity index (χ4v) is 2.34. The Bertz CT molecular complexity index is 524. The monoisotopic (exact) mass is 259 g/mol. The van der Waals surface area contributed by atoms with Crippen molar-refractivity contribution in [2.24, 2.45) is 5.73 Å². The van der Waals surface area contributed by atoms with E-state index >= 15 is 0 Å². The molecule has 100 valence electrons. The highest BCUT2D eigenvalue weighted by Gasteiger charge is 2.31. The lowest BCUT2D eigenvalue weighted by Gasteiger charge is -2.37. The molecular formula is C14H17N3O2. The number of nitrogens with two attached hydrogens (primary N) is 1. The molecule has 0 amide bonds. The largest absolute Gasteiger partial charge is 0.465 e. The number of ether oxygens (including phenoxy) is 1. The van der Waals surface area contributed by atoms with Crippen molar-refractivity contribution in [2.75, 3.05) is 25.1 Å². The van der Waals surface area contributed by atoms with Gasteiger partial charge in [0.1, 0.15) is 5.54 Å². The van der Waals surface area contributed by atoms with E-state index in [0.29, 0.717) is 18.5 Å². The molecule has 1 saturated heterocycles. The summed E-state index contributed by atoms with van der Waals surface area (Å²) < 4.78 is 4.71. The van der Waals surface area contributed by atoms with E-state index in [-0.39, 0.29) is 5.97 Å². The molecule has 2 N–H and O–H groups in total. The van der Waals surface area contributed by atoms with Crippen LogP contribution in [-0.4, -0.2) is 31.7 Å². The molecule has 19 heavy (non-hydrogen) atoms. The second-order valence-electron chi connectivity index (χ2n) is 4.83. The SMILES string of the molecule is COC(=O)c1cccc(N2CCCC(N)(C#N)C2)c1. The topological polar surface area (TPSA) is 79.3 Å². The van der Waals surface area contributed by atoms with Crippen LogP contribution in [-0.2, 0) is 4.74 Å². The predicted octanol–water partition coefficient (Wildman–Crippen LogP) is 1.29. The van der Waals surface area contributed by atoms with Crippen LogP contribution in [0.5, 0.6) is 0 Å². The minimum atomic E-state index is -0.806. The maximum atomic E-state index is 11.5. The highest BCUT2D eigenvalue weighted by Crippen LogP contribution is 2.25. The summed E-state index contributed by atoms with van der Waals surface area (Å²) in [5.41, 5.74) is 6.61. The van der Waals surface area contributed by atoms with Crippen LogP contribution < -0.4 is 10.6 Å². The van der Waals surface area contributed by atoms with Crippen LogP contribution in [0.3, 0.4) is 0 Å². The number of hydrogen-bond acceptors (Lipinski definition) is 5. The van der Waals surface area contributed by atoms with Crippen molar-refractivity contribution < 1.29 is 9.53 Å². The average molecular weight is 259 g/mol. The van der Waals surface area contributed by atoms with Gasteiger partial charge in [-0.3, -0.25) is 0 Å². The molecule has 5 heteroatoms. The van der Waals surface area contributed by atoms with Gasteiger partial charge >= 0.3 is 5.97 Å². The Kier molecular flexibility index (Phi) is 3.72. The highest BCUT2D eigenvalue weighted by molar-refractivity contribution is 5.90. The standard InChI is InChI=1S/C14H17N3O2/c1-19-13(18)11-4-2-5-12(8-11)17-7-3-6-14(16,9-15)10-17/h2,4-5,8H,3,6-7,10,16H2,1H3. The smallest absolute Gasteiger partial charge is 0.337 e. The third-order valence-corrected chi connectivity index (χ3v) is 3.38. The Balaban J connectivity index is 2.22. The first-order valence-electron chi connectivity index (χ1n) is 6.21. The molecule has 5 nitrogen and oxygen atoms in total. The molecule has 1 atom stereocenters. The van der Waals surface area contributed by atoms with Crippen molar-refractivity contribution in [3.63, 3.8) is 0 Å². The van der Waals surface area contributed by atoms with Crippen LogP contribution in [0.15, 0.2) is 24.3 Å². The number of benzene rings is 1. The summed E-state index contributed by atoms with van der Waals surface area (Å²) in [5.74, 6) is -0.363. The molecule has 1 heterocycles. The Labute approximate surface area is 112 Å². The molecule has 0 aromatic heterocycles. The zero-order chi connectivity index (χ0) is 13.9. The molecule has 0 spiro atoms. The third-order valence-electron chi connectivity index (χ3n) is 3.38. The molecule has 1 aliphatic rings. The summed E-state index contributed by atoms with van der Waals surface area (Å²) in [7, 11) is 1.36. The molecule has 1 aromatic rings. The zero-order valence-corrected chi connectivity index (χ0v) is 10.9. The van der Waals surface area contributed by atoms with Crippen molar-refractivity contribution in [3.05, 3.63) is 29.8 Å². The number of hydrogen-bond donors (Lipinski definition) is 1. The van der Waals surface area contributed by atoms with Gasteiger partial charge in [-0.15, -0.1) is 0 Å². The number of piperidine rings is 1. The molecule has 1 aromatic carbocycles. The van der Waals surface area contributed by atoms with Gasteiger partial charge < -0.3 is 15.4 Å². The van der Waals surface area contributed by atoms with Gasteiger partial charge in [-0.2, -0.15) is 5.26 Å². The van der Waals surface area contributed by atoms with Gasteiger partial charge in [-0.1, -0.05) is 6.07 Å². The second kappa shape index (κ2) is 5.29. The number of rotatable bonds is 2. The van der Waals surface area contributed by atoms with Gasteiger partial charge in [-0.05, 0) is 31.0 Å². The first-order chi connectivity index (χ1) is 9.08. The van der Waals surface area contributed by atoms with Crippen LogP contribution in [0.4, 0.5) is 5.69 Å². The summed E-state index contributed by atoms with van der Waals surface area (Å²) >= 11 is 0. The minimum Gasteiger partial charge on any atom is -0.465 e. The molecule has 1 unspecified atom stereocenters. The Morgan fingerprint density at radius 2 is 2.37 bits per heavy atom. The minimum absolute atomic E-state index is 0.363. The maximum absolute atomic E-state index is 11.5. The van der Waals surface area contributed by atoms with E-state index in [0.717, 1.165) is 18.7 Å². The third kappa shape index (κ3) is 2.85. The lowest BCUT2D eigenvalue weighted by atomic mass is 9.91. The molecule has 2 rings (SSSR count). The normalized spacial score (nSPS) is 22.7. The van der Waals surface area contributed by atoms with Crippen molar-refractivity contribution in [2.45, 2.75) is 18.4 Å². The molecule has 0 bridgehead atoms. The zero-order valence-electron chi connectivity index (χ0n) is 10.9. The Morgan fingerprint density at radius 3 is 3.05 bits per heavy atom. The molecule has 0 saturated carbocycles. The van der Waals surface area contributed by atoms with Crippen LogP contribution in [0.2, 0.25) is 0 Å². The number of methoxy groups -OCH3 is 1. The number of esters is 1. The van der Waals surface area contributed by atoms with Gasteiger partial charge in [0.05, 0.1) is 18.7 Å². The van der Waals surface area contributed by atoms with E-state index in [9.17, 15) is 4.79 Å². The number of nitrogens with zero attached hydrogens (tertiary/aromatic N) is 2. The van der Waals surface area contributed by atoms with Crippen LogP contribution in [0.1, 0.15) is 23.2 Å². The van der Waals surface area contributed by atoms with Gasteiger partial charge in [-0.25, -0.2) is 4.79 Å². The van der Waals surface area contributed by atoms with Gasteiger partial charge in [0.15, 0.2) is 0 Å². The number of carbonyl (C=O) groups excluding carboxylic acids is 1. The van der Waals surface area contributed by atoms with E-state index in [1.165, 1.54) is 7.11 Å². The first-order valence-corrected chi connectivity index (χ1v) is 6.21. The molecule has 1 aliphatic heterocycles. The summed E-state index contributed by atoms with van der Waals surface area (Å²) in [5, 5.41) is 9.12. The number of nitriles is 1. The van der Waals surface area contributed by atoms with Crippen molar-refractivity contribution in [3.8, 4) is 6.07 Å². The molecule has 1 fully saturated rings. The van der Waals surface area contributed by atoms with E-state index in [1.54, 1.807) is 18.2 Å². The molecule has 0 aliphatic carbocycles. The average Bonchev–Trinajstić information content (AvgIpc) is 2.46. The Hall–Kier alpha value is -2.06. The highest BCUT2D eigenvalue weighted by atomic mass is 16.5. The molecular weight excluding hydrogens is 242 g/mol. The quantitative estimate of drug-likeness (QED) is 0.810. The number of carbonyl (C=O) groups is 1. The van der Waals surface area contributed by atoms with Crippen molar-refractivity contribution >= 4 is 11.7 Å². The lowest BCUT2D eigenvalue weighted by molar-refractivity contribution is 0.0601. The molecule has 0 radical (unpaired) electrons. The fourth-order valence-electron chi connectivity index (χ4n) is 2.34. The second-order valence-corrected chi connectivity index (χ2v) is 4.83. The lowest BCUT2D eigenvalue weighted by Crippen LogP contribution is -2.53. The fraction of sp³-hybridized carbons (Fsp3) is 0.429.